The molecule has 0 saturated carbocycles. The molecule has 0 N–H and O–H groups in total. The number of fused-ring (bicyclic) bond motifs is 6. The largest absolute Gasteiger partial charge is 0.438 e. The highest BCUT2D eigenvalue weighted by Gasteiger charge is 2.35. The minimum atomic E-state index is -2.54. The Morgan fingerprint density at radius 2 is 1.48 bits per heavy atom. The predicted octanol–water partition coefficient (Wildman–Crippen LogP) is 11.4. The summed E-state index contributed by atoms with van der Waals surface area (Å²) in [6, 6.07) is 27.9. The molecule has 4 heterocycles. The monoisotopic (exact) mass is 664 g/mol. The molecule has 0 saturated heterocycles. The van der Waals surface area contributed by atoms with Gasteiger partial charge in [0, 0.05) is 26.0 Å². The van der Waals surface area contributed by atoms with E-state index in [2.05, 4.69) is 129 Å². The summed E-state index contributed by atoms with van der Waals surface area (Å²) in [7, 11) is 2.11. The van der Waals surface area contributed by atoms with Gasteiger partial charge in [0.05, 0.1) is 18.1 Å². The Kier molecular flexibility index (Phi) is 6.52. The molecule has 252 valence electrons. The van der Waals surface area contributed by atoms with Gasteiger partial charge in [0.25, 0.3) is 5.82 Å². The zero-order valence-corrected chi connectivity index (χ0v) is 30.3. The highest BCUT2D eigenvalue weighted by Crippen LogP contribution is 2.44. The number of pyridine rings is 1. The van der Waals surface area contributed by atoms with Crippen molar-refractivity contribution in [2.45, 2.75) is 79.5 Å². The summed E-state index contributed by atoms with van der Waals surface area (Å²) in [6.07, 6.45) is 0. The number of rotatable bonds is 5. The normalized spacial score (nSPS) is 13.7. The van der Waals surface area contributed by atoms with Crippen LogP contribution in [0.1, 0.15) is 92.7 Å². The number of imidazole rings is 1. The standard InChI is InChI=1S/C44H45N4O2/c1-24(2)31-22-29(28-16-12-11-13-17-28)23-32(25(3)4)38(31)48-34-19-15-14-18-33(34)47(10)42(48)35-26(5)20-21-30-36-37-39(50-43(46-37)44(7,8)9)27(6)45-41(36)49-40(30)35/h11-25H,1-10H3/q+1/i6D3. The third-order valence-electron chi connectivity index (χ3n) is 9.96. The molecule has 0 spiro atoms. The van der Waals surface area contributed by atoms with Crippen LogP contribution in [-0.4, -0.2) is 14.5 Å². The second kappa shape index (κ2) is 11.4. The van der Waals surface area contributed by atoms with Crippen molar-refractivity contribution in [2.24, 2.45) is 7.05 Å². The molecule has 0 unspecified atom stereocenters. The first kappa shape index (κ1) is 28.6. The van der Waals surface area contributed by atoms with Crippen LogP contribution in [0.3, 0.4) is 0 Å². The maximum Gasteiger partial charge on any atom is 0.299 e. The number of aromatic nitrogens is 4. The maximum absolute atomic E-state index is 8.37. The topological polar surface area (TPSA) is 60.9 Å². The number of hydrogen-bond acceptors (Lipinski definition) is 4. The van der Waals surface area contributed by atoms with Crippen LogP contribution in [-0.2, 0) is 12.5 Å². The molecular weight excluding hydrogens is 617 g/mol. The molecule has 8 rings (SSSR count). The third-order valence-corrected chi connectivity index (χ3v) is 9.96. The molecule has 6 nitrogen and oxygen atoms in total. The molecule has 0 radical (unpaired) electrons. The number of oxazole rings is 1. The van der Waals surface area contributed by atoms with Gasteiger partial charge in [0.15, 0.2) is 22.2 Å². The summed E-state index contributed by atoms with van der Waals surface area (Å²) in [5.74, 6) is 1.83. The van der Waals surface area contributed by atoms with E-state index in [0.29, 0.717) is 22.4 Å². The molecule has 4 aromatic carbocycles. The number of para-hydroxylation sites is 2. The first-order chi connectivity index (χ1) is 25.1. The van der Waals surface area contributed by atoms with Crippen LogP contribution in [0.15, 0.2) is 87.7 Å². The number of hydrogen-bond donors (Lipinski definition) is 0. The molecule has 50 heavy (non-hydrogen) atoms. The Labute approximate surface area is 297 Å². The Morgan fingerprint density at radius 1 is 0.800 bits per heavy atom. The average molecular weight is 665 g/mol. The molecule has 6 heteroatoms. The quantitative estimate of drug-likeness (QED) is 0.172. The van der Waals surface area contributed by atoms with Crippen molar-refractivity contribution in [1.29, 1.82) is 0 Å². The Morgan fingerprint density at radius 3 is 2.14 bits per heavy atom. The molecular formula is C44H45N4O2+. The maximum atomic E-state index is 8.37. The number of benzene rings is 4. The van der Waals surface area contributed by atoms with E-state index in [1.54, 1.807) is 0 Å². The molecule has 4 aromatic heterocycles. The van der Waals surface area contributed by atoms with Gasteiger partial charge in [-0.1, -0.05) is 103 Å². The van der Waals surface area contributed by atoms with E-state index >= 15 is 0 Å². The Bertz CT molecular complexity index is 2700. The van der Waals surface area contributed by atoms with Crippen molar-refractivity contribution >= 4 is 44.2 Å². The molecule has 0 fully saturated rings. The van der Waals surface area contributed by atoms with Crippen LogP contribution in [0.5, 0.6) is 0 Å². The van der Waals surface area contributed by atoms with Crippen LogP contribution in [0.25, 0.3) is 72.4 Å². The van der Waals surface area contributed by atoms with E-state index in [4.69, 9.17) is 17.9 Å². The fourth-order valence-electron chi connectivity index (χ4n) is 7.39. The van der Waals surface area contributed by atoms with Crippen LogP contribution < -0.4 is 4.57 Å². The van der Waals surface area contributed by atoms with E-state index in [1.807, 2.05) is 26.8 Å². The average Bonchev–Trinajstić information content (AvgIpc) is 3.79. The van der Waals surface area contributed by atoms with Crippen molar-refractivity contribution < 1.29 is 17.5 Å². The number of aryl methyl sites for hydroxylation is 3. The molecule has 0 bridgehead atoms. The van der Waals surface area contributed by atoms with E-state index < -0.39 is 12.3 Å². The zero-order valence-electron chi connectivity index (χ0n) is 33.3. The Balaban J connectivity index is 1.52. The molecule has 0 atom stereocenters. The van der Waals surface area contributed by atoms with Crippen LogP contribution in [0.2, 0.25) is 0 Å². The van der Waals surface area contributed by atoms with E-state index in [-0.39, 0.29) is 28.8 Å². The summed E-state index contributed by atoms with van der Waals surface area (Å²) in [4.78, 5) is 9.57. The van der Waals surface area contributed by atoms with Gasteiger partial charge < -0.3 is 8.83 Å². The van der Waals surface area contributed by atoms with Crippen molar-refractivity contribution in [3.63, 3.8) is 0 Å². The van der Waals surface area contributed by atoms with Crippen LogP contribution >= 0.6 is 0 Å². The first-order valence-corrected chi connectivity index (χ1v) is 17.5. The summed E-state index contributed by atoms with van der Waals surface area (Å²) in [5.41, 5.74) is 11.0. The third kappa shape index (κ3) is 4.79. The minimum Gasteiger partial charge on any atom is -0.438 e. The molecule has 0 amide bonds. The SMILES string of the molecule is [2H]C([2H])([2H])c1nc2oc3c(-c4n(-c5c(C(C)C)cc(-c6ccccc6)cc5C(C)C)c5ccccc5[n+]4C)c(C)ccc3c2c2nc(C(C)(C)C)oc12. The van der Waals surface area contributed by atoms with Gasteiger partial charge in [0.1, 0.15) is 16.8 Å². The van der Waals surface area contributed by atoms with E-state index in [1.165, 1.54) is 22.3 Å². The fourth-order valence-corrected chi connectivity index (χ4v) is 7.39. The van der Waals surface area contributed by atoms with E-state index in [0.717, 1.165) is 39.1 Å². The minimum absolute atomic E-state index is 0.151. The fraction of sp³-hybridized carbons (Fsp3) is 0.295. The number of furan rings is 1. The number of nitrogens with zero attached hydrogens (tertiary/aromatic N) is 4. The lowest BCUT2D eigenvalue weighted by molar-refractivity contribution is -0.633. The van der Waals surface area contributed by atoms with Gasteiger partial charge in [0.2, 0.25) is 11.6 Å². The molecule has 8 aromatic rings. The lowest BCUT2D eigenvalue weighted by Crippen LogP contribution is -2.30. The summed E-state index contributed by atoms with van der Waals surface area (Å²) in [5, 5.41) is 1.44. The summed E-state index contributed by atoms with van der Waals surface area (Å²) < 4.78 is 42.7. The van der Waals surface area contributed by atoms with Crippen LogP contribution in [0, 0.1) is 13.8 Å². The van der Waals surface area contributed by atoms with Gasteiger partial charge >= 0.3 is 0 Å². The second-order valence-corrected chi connectivity index (χ2v) is 15.2. The Hall–Kier alpha value is -5.23. The molecule has 0 aliphatic carbocycles. The van der Waals surface area contributed by atoms with Gasteiger partial charge in [-0.3, -0.25) is 0 Å². The smallest absolute Gasteiger partial charge is 0.299 e. The lowest BCUT2D eigenvalue weighted by Gasteiger charge is -2.21. The molecule has 0 aliphatic heterocycles. The van der Waals surface area contributed by atoms with Gasteiger partial charge in [-0.25, -0.2) is 14.5 Å². The van der Waals surface area contributed by atoms with Crippen molar-refractivity contribution in [3.05, 3.63) is 107 Å². The van der Waals surface area contributed by atoms with Crippen LogP contribution in [0.4, 0.5) is 0 Å². The highest BCUT2D eigenvalue weighted by molar-refractivity contribution is 6.18. The summed E-state index contributed by atoms with van der Waals surface area (Å²) in [6.45, 7) is 14.6. The van der Waals surface area contributed by atoms with Crippen molar-refractivity contribution in [2.75, 3.05) is 0 Å². The van der Waals surface area contributed by atoms with Gasteiger partial charge in [-0.15, -0.1) is 0 Å². The zero-order chi connectivity index (χ0) is 37.7. The molecule has 0 aliphatic rings. The van der Waals surface area contributed by atoms with Gasteiger partial charge in [-0.05, 0) is 66.6 Å². The summed E-state index contributed by atoms with van der Waals surface area (Å²) >= 11 is 0. The second-order valence-electron chi connectivity index (χ2n) is 15.2. The van der Waals surface area contributed by atoms with E-state index in [9.17, 15) is 0 Å². The highest BCUT2D eigenvalue weighted by atomic mass is 16.4. The predicted molar refractivity (Wildman–Crippen MR) is 204 cm³/mol. The van der Waals surface area contributed by atoms with Crippen molar-refractivity contribution in [1.82, 2.24) is 14.5 Å². The first-order valence-electron chi connectivity index (χ1n) is 19.0. The van der Waals surface area contributed by atoms with Gasteiger partial charge in [-0.2, -0.15) is 4.57 Å². The van der Waals surface area contributed by atoms with Crippen molar-refractivity contribution in [3.8, 4) is 28.2 Å². The lowest BCUT2D eigenvalue weighted by atomic mass is 9.88.